The van der Waals surface area contributed by atoms with Gasteiger partial charge >= 0.3 is 0 Å². The molecule has 1 aliphatic rings. The first-order chi connectivity index (χ1) is 9.66. The number of hydrogen-bond donors (Lipinski definition) is 2. The van der Waals surface area contributed by atoms with Gasteiger partial charge < -0.3 is 10.4 Å². The molecule has 0 fully saturated rings. The van der Waals surface area contributed by atoms with Crippen LogP contribution in [0.3, 0.4) is 0 Å². The Balaban J connectivity index is 1.76. The third-order valence-corrected chi connectivity index (χ3v) is 4.64. The summed E-state index contributed by atoms with van der Waals surface area (Å²) < 4.78 is 0. The minimum absolute atomic E-state index is 0.0378. The van der Waals surface area contributed by atoms with Crippen molar-refractivity contribution < 1.29 is 9.90 Å². The number of carbonyl (C=O) groups is 1. The molecule has 104 valence electrons. The van der Waals surface area contributed by atoms with Gasteiger partial charge in [-0.25, -0.2) is 0 Å². The maximum atomic E-state index is 12.3. The first-order valence-electron chi connectivity index (χ1n) is 6.75. The molecule has 3 rings (SSSR count). The van der Waals surface area contributed by atoms with Crippen LogP contribution in [0.1, 0.15) is 35.6 Å². The van der Waals surface area contributed by atoms with Crippen molar-refractivity contribution in [2.75, 3.05) is 0 Å². The summed E-state index contributed by atoms with van der Waals surface area (Å²) in [5.41, 5.74) is 3.17. The van der Waals surface area contributed by atoms with Crippen molar-refractivity contribution in [3.63, 3.8) is 0 Å². The zero-order valence-corrected chi connectivity index (χ0v) is 12.1. The van der Waals surface area contributed by atoms with E-state index in [1.165, 1.54) is 0 Å². The van der Waals surface area contributed by atoms with E-state index in [0.29, 0.717) is 6.42 Å². The molecule has 20 heavy (non-hydrogen) atoms. The molecule has 1 aromatic heterocycles. The number of fused-ring (bicyclic) bond motifs is 1. The van der Waals surface area contributed by atoms with Crippen LogP contribution < -0.4 is 5.32 Å². The summed E-state index contributed by atoms with van der Waals surface area (Å²) in [6.45, 7) is 1.89. The maximum Gasteiger partial charge on any atom is 0.227 e. The van der Waals surface area contributed by atoms with Crippen LogP contribution in [0.4, 0.5) is 0 Å². The van der Waals surface area contributed by atoms with Crippen molar-refractivity contribution >= 4 is 17.2 Å². The fourth-order valence-corrected chi connectivity index (χ4v) is 3.45. The number of aliphatic hydroxyl groups excluding tert-OH is 1. The molecule has 0 aliphatic heterocycles. The number of amides is 1. The second-order valence-electron chi connectivity index (χ2n) is 5.23. The Morgan fingerprint density at radius 1 is 1.40 bits per heavy atom. The van der Waals surface area contributed by atoms with Gasteiger partial charge in [0.2, 0.25) is 5.91 Å². The number of rotatable bonds is 3. The highest BCUT2D eigenvalue weighted by Gasteiger charge is 2.32. The molecule has 3 nitrogen and oxygen atoms in total. The molecule has 1 unspecified atom stereocenters. The normalized spacial score (nSPS) is 22.3. The van der Waals surface area contributed by atoms with Crippen LogP contribution in [0.5, 0.6) is 0 Å². The molecule has 1 aliphatic carbocycles. The van der Waals surface area contributed by atoms with Crippen molar-refractivity contribution in [1.82, 2.24) is 5.32 Å². The Kier molecular flexibility index (Phi) is 3.59. The topological polar surface area (TPSA) is 49.3 Å². The lowest BCUT2D eigenvalue weighted by atomic mass is 10.0. The van der Waals surface area contributed by atoms with Crippen LogP contribution in [0.15, 0.2) is 41.1 Å². The molecule has 3 atom stereocenters. The SMILES string of the molecule is CC(C(=O)N[C@H]1c2ccccc2C[C@H]1O)c1ccsc1. The van der Waals surface area contributed by atoms with Gasteiger partial charge in [-0.15, -0.1) is 0 Å². The van der Waals surface area contributed by atoms with Gasteiger partial charge in [-0.3, -0.25) is 4.79 Å². The van der Waals surface area contributed by atoms with Crippen molar-refractivity contribution in [1.29, 1.82) is 0 Å². The first kappa shape index (κ1) is 13.3. The van der Waals surface area contributed by atoms with Gasteiger partial charge in [-0.05, 0) is 40.4 Å². The van der Waals surface area contributed by atoms with Crippen LogP contribution in [0, 0.1) is 0 Å². The molecule has 2 N–H and O–H groups in total. The highest BCUT2D eigenvalue weighted by molar-refractivity contribution is 7.08. The number of benzene rings is 1. The fraction of sp³-hybridized carbons (Fsp3) is 0.312. The number of nitrogens with one attached hydrogen (secondary N) is 1. The Labute approximate surface area is 122 Å². The summed E-state index contributed by atoms with van der Waals surface area (Å²) >= 11 is 1.59. The van der Waals surface area contributed by atoms with E-state index in [-0.39, 0.29) is 17.9 Å². The van der Waals surface area contributed by atoms with Gasteiger partial charge in [-0.2, -0.15) is 11.3 Å². The fourth-order valence-electron chi connectivity index (χ4n) is 2.70. The lowest BCUT2D eigenvalue weighted by Crippen LogP contribution is -2.36. The van der Waals surface area contributed by atoms with Gasteiger partial charge in [-0.1, -0.05) is 24.3 Å². The standard InChI is InChI=1S/C16H17NO2S/c1-10(12-6-7-20-9-12)16(19)17-15-13-5-3-2-4-11(13)8-14(15)18/h2-7,9-10,14-15,18H,8H2,1H3,(H,17,19)/t10?,14-,15+/m1/s1. The highest BCUT2D eigenvalue weighted by atomic mass is 32.1. The largest absolute Gasteiger partial charge is 0.390 e. The molecular weight excluding hydrogens is 270 g/mol. The molecule has 1 heterocycles. The van der Waals surface area contributed by atoms with Crippen LogP contribution in [-0.4, -0.2) is 17.1 Å². The van der Waals surface area contributed by atoms with E-state index in [1.807, 2.05) is 48.0 Å². The van der Waals surface area contributed by atoms with Gasteiger partial charge in [0.15, 0.2) is 0 Å². The van der Waals surface area contributed by atoms with E-state index in [9.17, 15) is 9.90 Å². The lowest BCUT2D eigenvalue weighted by Gasteiger charge is -2.20. The summed E-state index contributed by atoms with van der Waals surface area (Å²) in [4.78, 5) is 12.3. The summed E-state index contributed by atoms with van der Waals surface area (Å²) in [5, 5.41) is 17.1. The van der Waals surface area contributed by atoms with E-state index in [2.05, 4.69) is 5.32 Å². The second kappa shape index (κ2) is 5.38. The number of carbonyl (C=O) groups excluding carboxylic acids is 1. The molecule has 0 bridgehead atoms. The molecule has 0 saturated carbocycles. The Hall–Kier alpha value is -1.65. The van der Waals surface area contributed by atoms with Gasteiger partial charge in [0, 0.05) is 6.42 Å². The monoisotopic (exact) mass is 287 g/mol. The van der Waals surface area contributed by atoms with Gasteiger partial charge in [0.05, 0.1) is 18.1 Å². The molecule has 1 aromatic carbocycles. The Bertz CT molecular complexity index is 609. The van der Waals surface area contributed by atoms with E-state index in [1.54, 1.807) is 11.3 Å². The minimum Gasteiger partial charge on any atom is -0.390 e. The quantitative estimate of drug-likeness (QED) is 0.911. The Morgan fingerprint density at radius 3 is 2.95 bits per heavy atom. The molecule has 4 heteroatoms. The van der Waals surface area contributed by atoms with Crippen LogP contribution in [-0.2, 0) is 11.2 Å². The summed E-state index contributed by atoms with van der Waals surface area (Å²) in [7, 11) is 0. The van der Waals surface area contributed by atoms with Crippen molar-refractivity contribution in [2.45, 2.75) is 31.4 Å². The average molecular weight is 287 g/mol. The third kappa shape index (κ3) is 2.37. The average Bonchev–Trinajstić information content (AvgIpc) is 3.07. The van der Waals surface area contributed by atoms with Crippen LogP contribution in [0.25, 0.3) is 0 Å². The maximum absolute atomic E-state index is 12.3. The predicted molar refractivity (Wildman–Crippen MR) is 79.8 cm³/mol. The van der Waals surface area contributed by atoms with Crippen LogP contribution >= 0.6 is 11.3 Å². The molecule has 0 saturated heterocycles. The lowest BCUT2D eigenvalue weighted by molar-refractivity contribution is -0.123. The number of thiophene rings is 1. The zero-order valence-electron chi connectivity index (χ0n) is 11.2. The van der Waals surface area contributed by atoms with Crippen molar-refractivity contribution in [3.8, 4) is 0 Å². The summed E-state index contributed by atoms with van der Waals surface area (Å²) in [6, 6.07) is 9.56. The molecule has 0 radical (unpaired) electrons. The van der Waals surface area contributed by atoms with Gasteiger partial charge in [0.25, 0.3) is 0 Å². The smallest absolute Gasteiger partial charge is 0.227 e. The molecule has 0 spiro atoms. The summed E-state index contributed by atoms with van der Waals surface area (Å²) in [6.07, 6.45) is 0.0690. The van der Waals surface area contributed by atoms with Crippen molar-refractivity contribution in [2.24, 2.45) is 0 Å². The minimum atomic E-state index is -0.536. The molecule has 1 amide bonds. The number of aliphatic hydroxyl groups is 1. The zero-order chi connectivity index (χ0) is 14.1. The Morgan fingerprint density at radius 2 is 2.20 bits per heavy atom. The molecular formula is C16H17NO2S. The van der Waals surface area contributed by atoms with Gasteiger partial charge in [0.1, 0.15) is 0 Å². The predicted octanol–water partition coefficient (Wildman–Crippen LogP) is 2.63. The van der Waals surface area contributed by atoms with Crippen molar-refractivity contribution in [3.05, 3.63) is 57.8 Å². The third-order valence-electron chi connectivity index (χ3n) is 3.94. The van der Waals surface area contributed by atoms with E-state index >= 15 is 0 Å². The summed E-state index contributed by atoms with van der Waals surface area (Å²) in [5.74, 6) is -0.231. The highest BCUT2D eigenvalue weighted by Crippen LogP contribution is 2.32. The van der Waals surface area contributed by atoms with E-state index in [0.717, 1.165) is 16.7 Å². The van der Waals surface area contributed by atoms with Crippen LogP contribution in [0.2, 0.25) is 0 Å². The molecule has 2 aromatic rings. The van der Waals surface area contributed by atoms with E-state index < -0.39 is 6.10 Å². The number of hydrogen-bond acceptors (Lipinski definition) is 3. The van der Waals surface area contributed by atoms with E-state index in [4.69, 9.17) is 0 Å². The first-order valence-corrected chi connectivity index (χ1v) is 7.69. The second-order valence-corrected chi connectivity index (χ2v) is 6.01.